The molecule has 3 aliphatic carbocycles. The molecule has 4 N–H and O–H groups in total. The fraction of sp³-hybridized carbons (Fsp3) is 0.577. The maximum absolute atomic E-state index is 13.7. The summed E-state index contributed by atoms with van der Waals surface area (Å²) in [5.41, 5.74) is 1.80. The highest BCUT2D eigenvalue weighted by Crippen LogP contribution is 2.78. The summed E-state index contributed by atoms with van der Waals surface area (Å²) in [6.07, 6.45) is 6.70. The molecule has 2 heterocycles. The Labute approximate surface area is 207 Å². The van der Waals surface area contributed by atoms with Crippen LogP contribution in [0.25, 0.3) is 0 Å². The molecule has 0 radical (unpaired) electrons. The van der Waals surface area contributed by atoms with Crippen molar-refractivity contribution in [1.82, 2.24) is 9.29 Å². The lowest BCUT2D eigenvalue weighted by Gasteiger charge is -2.81. The van der Waals surface area contributed by atoms with Crippen molar-refractivity contribution < 1.29 is 23.8 Å². The van der Waals surface area contributed by atoms with Gasteiger partial charge in [0.25, 0.3) is 5.91 Å². The van der Waals surface area contributed by atoms with Crippen LogP contribution >= 0.6 is 11.9 Å². The summed E-state index contributed by atoms with van der Waals surface area (Å²) >= 11 is 1.58. The van der Waals surface area contributed by atoms with Crippen LogP contribution in [-0.4, -0.2) is 38.9 Å². The quantitative estimate of drug-likeness (QED) is 0.445. The van der Waals surface area contributed by atoms with Gasteiger partial charge in [0, 0.05) is 40.3 Å². The van der Waals surface area contributed by atoms with Crippen molar-refractivity contribution >= 4 is 23.5 Å². The molecule has 1 amide bonds. The number of rotatable bonds is 6. The molecule has 4 aliphatic rings. The summed E-state index contributed by atoms with van der Waals surface area (Å²) in [6.45, 7) is 2.54. The van der Waals surface area contributed by atoms with Crippen LogP contribution < -0.4 is 10.0 Å². The zero-order chi connectivity index (χ0) is 24.5. The van der Waals surface area contributed by atoms with Gasteiger partial charge in [0.2, 0.25) is 0 Å². The summed E-state index contributed by atoms with van der Waals surface area (Å²) in [5.74, 6) is -1.51. The van der Waals surface area contributed by atoms with Crippen LogP contribution in [-0.2, 0) is 13.0 Å². The molecule has 188 valence electrons. The predicted octanol–water partition coefficient (Wildman–Crippen LogP) is 4.17. The van der Waals surface area contributed by atoms with E-state index in [2.05, 4.69) is 14.6 Å². The number of benzene rings is 1. The van der Waals surface area contributed by atoms with Crippen LogP contribution in [0.15, 0.2) is 23.1 Å². The molecular weight excluding hydrogens is 472 g/mol. The van der Waals surface area contributed by atoms with Gasteiger partial charge in [-0.05, 0) is 86.9 Å². The summed E-state index contributed by atoms with van der Waals surface area (Å²) in [7, 11) is 0. The molecule has 3 saturated carbocycles. The maximum Gasteiger partial charge on any atom is 0.272 e. The summed E-state index contributed by atoms with van der Waals surface area (Å²) in [4.78, 5) is 14.4. The number of hydrogen-bond donors (Lipinski definition) is 4. The fourth-order valence-electron chi connectivity index (χ4n) is 7.43. The van der Waals surface area contributed by atoms with Gasteiger partial charge in [-0.25, -0.2) is 8.78 Å². The average molecular weight is 504 g/mol. The molecular formula is C26H31F2N3O3S. The number of hydrogen-bond acceptors (Lipinski definition) is 5. The lowest BCUT2D eigenvalue weighted by Crippen LogP contribution is -2.86. The number of amides is 1. The predicted molar refractivity (Wildman–Crippen MR) is 129 cm³/mol. The molecule has 35 heavy (non-hydrogen) atoms. The lowest BCUT2D eigenvalue weighted by atomic mass is 9.26. The molecule has 0 saturated heterocycles. The van der Waals surface area contributed by atoms with Gasteiger partial charge in [-0.1, -0.05) is 6.42 Å². The van der Waals surface area contributed by atoms with Crippen LogP contribution in [0.5, 0.6) is 0 Å². The van der Waals surface area contributed by atoms with Crippen LogP contribution in [0.2, 0.25) is 0 Å². The molecule has 0 bridgehead atoms. The number of halogens is 2. The Morgan fingerprint density at radius 1 is 1.23 bits per heavy atom. The van der Waals surface area contributed by atoms with E-state index in [1.54, 1.807) is 11.9 Å². The Balaban J connectivity index is 1.24. The van der Waals surface area contributed by atoms with Gasteiger partial charge >= 0.3 is 0 Å². The number of carbonyl (C=O) groups excluding carboxylic acids is 1. The van der Waals surface area contributed by atoms with Gasteiger partial charge < -0.3 is 20.1 Å². The second kappa shape index (κ2) is 8.30. The van der Waals surface area contributed by atoms with Crippen molar-refractivity contribution in [2.75, 3.05) is 11.9 Å². The van der Waals surface area contributed by atoms with Crippen LogP contribution in [0.4, 0.5) is 14.5 Å². The number of nitrogens with one attached hydrogen (secondary N) is 2. The van der Waals surface area contributed by atoms with E-state index in [-0.39, 0.29) is 23.6 Å². The number of carbonyl (C=O) groups is 1. The van der Waals surface area contributed by atoms with E-state index >= 15 is 0 Å². The molecule has 3 fully saturated rings. The zero-order valence-corrected chi connectivity index (χ0v) is 20.6. The molecule has 5 unspecified atom stereocenters. The number of aromatic nitrogens is 1. The second-order valence-corrected chi connectivity index (χ2v) is 11.6. The third kappa shape index (κ3) is 3.21. The summed E-state index contributed by atoms with van der Waals surface area (Å²) < 4.78 is 32.8. The monoisotopic (exact) mass is 503 g/mol. The Morgan fingerprint density at radius 3 is 2.74 bits per heavy atom. The lowest BCUT2D eigenvalue weighted by molar-refractivity contribution is -0.365. The Hall–Kier alpha value is -1.94. The first-order valence-electron chi connectivity index (χ1n) is 12.5. The highest BCUT2D eigenvalue weighted by Gasteiger charge is 2.81. The largest absolute Gasteiger partial charge is 0.393 e. The minimum Gasteiger partial charge on any atom is -0.393 e. The summed E-state index contributed by atoms with van der Waals surface area (Å²) in [6, 6.07) is 3.67. The Kier molecular flexibility index (Phi) is 5.56. The molecule has 1 aliphatic heterocycles. The van der Waals surface area contributed by atoms with Gasteiger partial charge in [0.15, 0.2) is 11.6 Å². The third-order valence-electron chi connectivity index (χ3n) is 9.28. The van der Waals surface area contributed by atoms with Crippen LogP contribution in [0.1, 0.15) is 60.3 Å². The molecule has 1 aromatic heterocycles. The van der Waals surface area contributed by atoms with E-state index in [1.807, 2.05) is 6.92 Å². The minimum atomic E-state index is -0.995. The van der Waals surface area contributed by atoms with Gasteiger partial charge in [-0.3, -0.25) is 9.52 Å². The van der Waals surface area contributed by atoms with Crippen molar-refractivity contribution in [3.05, 3.63) is 46.8 Å². The number of nitrogens with zero attached hydrogens (tertiary/aromatic N) is 1. The van der Waals surface area contributed by atoms with Crippen molar-refractivity contribution in [3.8, 4) is 0 Å². The van der Waals surface area contributed by atoms with Crippen molar-refractivity contribution in [1.29, 1.82) is 0 Å². The van der Waals surface area contributed by atoms with Crippen molar-refractivity contribution in [2.24, 2.45) is 17.3 Å². The molecule has 1 aromatic carbocycles. The smallest absolute Gasteiger partial charge is 0.272 e. The first kappa shape index (κ1) is 23.5. The average Bonchev–Trinajstić information content (AvgIpc) is 2.92. The molecule has 5 atom stereocenters. The molecule has 9 heteroatoms. The first-order chi connectivity index (χ1) is 16.8. The molecule has 6 rings (SSSR count). The van der Waals surface area contributed by atoms with E-state index in [1.165, 1.54) is 6.07 Å². The SMILES string of the molecule is Cc1c(SNC2C3CCC34C2CC4(O)CO)c2n(c1C(=O)Nc1ccc(F)c(F)c1)CCCCC2. The highest BCUT2D eigenvalue weighted by atomic mass is 32.2. The second-order valence-electron chi connectivity index (χ2n) is 10.7. The van der Waals surface area contributed by atoms with Gasteiger partial charge in [0.1, 0.15) is 5.69 Å². The number of fused-ring (bicyclic) bond motifs is 1. The third-order valence-corrected chi connectivity index (χ3v) is 10.4. The highest BCUT2D eigenvalue weighted by molar-refractivity contribution is 7.97. The zero-order valence-electron chi connectivity index (χ0n) is 19.7. The number of anilines is 1. The Morgan fingerprint density at radius 2 is 2.06 bits per heavy atom. The van der Waals surface area contributed by atoms with Crippen molar-refractivity contribution in [2.45, 2.75) is 75.0 Å². The standard InChI is InChI=1S/C26H31F2N3O3S/c1-14-22(24(33)29-15-6-7-18(27)19(28)11-15)31-10-4-2-3-5-20(31)23(14)35-30-21-16-8-9-26(16)17(21)12-25(26,34)13-32/h6-7,11,16-17,21,30,32,34H,2-5,8-10,12-13H2,1H3,(H,29,33). The van der Waals surface area contributed by atoms with Gasteiger partial charge in [0.05, 0.1) is 12.2 Å². The minimum absolute atomic E-state index is 0.109. The van der Waals surface area contributed by atoms with E-state index in [4.69, 9.17) is 0 Å². The summed E-state index contributed by atoms with van der Waals surface area (Å²) in [5, 5.41) is 23.2. The van der Waals surface area contributed by atoms with E-state index in [0.29, 0.717) is 30.0 Å². The molecule has 6 nitrogen and oxygen atoms in total. The maximum atomic E-state index is 13.7. The van der Waals surface area contributed by atoms with E-state index in [9.17, 15) is 23.8 Å². The fourth-order valence-corrected chi connectivity index (χ4v) is 8.60. The van der Waals surface area contributed by atoms with Crippen LogP contribution in [0, 0.1) is 35.8 Å². The van der Waals surface area contributed by atoms with Gasteiger partial charge in [-0.2, -0.15) is 0 Å². The number of aliphatic hydroxyl groups is 2. The van der Waals surface area contributed by atoms with Crippen LogP contribution in [0.3, 0.4) is 0 Å². The van der Waals surface area contributed by atoms with Crippen molar-refractivity contribution in [3.63, 3.8) is 0 Å². The number of aliphatic hydroxyl groups excluding tert-OH is 1. The molecule has 2 aromatic rings. The van der Waals surface area contributed by atoms with E-state index in [0.717, 1.165) is 73.4 Å². The Bertz CT molecular complexity index is 1190. The normalized spacial score (nSPS) is 32.8. The molecule has 1 spiro atoms. The topological polar surface area (TPSA) is 86.5 Å². The van der Waals surface area contributed by atoms with E-state index < -0.39 is 17.2 Å². The first-order valence-corrected chi connectivity index (χ1v) is 13.4. The van der Waals surface area contributed by atoms with Gasteiger partial charge in [-0.15, -0.1) is 0 Å².